The molecule has 0 aliphatic carbocycles. The lowest BCUT2D eigenvalue weighted by Gasteiger charge is -2.06. The van der Waals surface area contributed by atoms with E-state index >= 15 is 0 Å². The number of benzene rings is 2. The average Bonchev–Trinajstić information content (AvgIpc) is 2.47. The van der Waals surface area contributed by atoms with Gasteiger partial charge in [-0.3, -0.25) is 4.79 Å². The Labute approximate surface area is 126 Å². The first-order chi connectivity index (χ1) is 9.24. The zero-order valence-electron chi connectivity index (χ0n) is 9.35. The first-order valence-electron chi connectivity index (χ1n) is 5.31. The summed E-state index contributed by atoms with van der Waals surface area (Å²) in [6.07, 6.45) is 0. The summed E-state index contributed by atoms with van der Waals surface area (Å²) in [5.41, 5.74) is 0.979. The Balaban J connectivity index is 2.54. The van der Waals surface area contributed by atoms with E-state index in [0.29, 0.717) is 26.8 Å². The highest BCUT2D eigenvalue weighted by Crippen LogP contribution is 2.36. The van der Waals surface area contributed by atoms with Crippen LogP contribution in [0, 0.1) is 0 Å². The summed E-state index contributed by atoms with van der Waals surface area (Å²) < 4.78 is 5.79. The Morgan fingerprint density at radius 2 is 1.79 bits per heavy atom. The van der Waals surface area contributed by atoms with Crippen LogP contribution in [0.25, 0.3) is 21.9 Å². The maximum absolute atomic E-state index is 12.5. The molecular weight excluding hydrogens is 323 g/mol. The van der Waals surface area contributed by atoms with E-state index in [4.69, 9.17) is 25.8 Å². The van der Waals surface area contributed by atoms with Gasteiger partial charge in [-0.2, -0.15) is 0 Å². The monoisotopic (exact) mass is 328 g/mol. The Kier molecular flexibility index (Phi) is 3.67. The van der Waals surface area contributed by atoms with Crippen molar-refractivity contribution < 1.29 is 4.42 Å². The second-order valence-corrected chi connectivity index (χ2v) is 6.03. The largest absolute Gasteiger partial charge is 0.455 e. The maximum Gasteiger partial charge on any atom is 0.200 e. The molecule has 0 radical (unpaired) electrons. The number of fused-ring (bicyclic) bond motifs is 2. The molecule has 2 nitrogen and oxygen atoms in total. The molecule has 0 atom stereocenters. The molecule has 0 N–H and O–H groups in total. The molecule has 0 unspecified atom stereocenters. The summed E-state index contributed by atoms with van der Waals surface area (Å²) in [6.45, 7) is 0. The van der Waals surface area contributed by atoms with E-state index in [9.17, 15) is 4.79 Å². The Bertz CT molecular complexity index is 830. The minimum atomic E-state index is -0.0728. The van der Waals surface area contributed by atoms with Crippen LogP contribution in [0.15, 0.2) is 55.4 Å². The Hall–Kier alpha value is -0.810. The van der Waals surface area contributed by atoms with E-state index in [0.717, 1.165) is 26.8 Å². The van der Waals surface area contributed by atoms with E-state index in [1.165, 1.54) is 0 Å². The first kappa shape index (κ1) is 13.2. The van der Waals surface area contributed by atoms with Crippen molar-refractivity contribution >= 4 is 65.3 Å². The summed E-state index contributed by atoms with van der Waals surface area (Å²) in [7, 11) is 13.7. The lowest BCUT2D eigenvalue weighted by Crippen LogP contribution is -2.02. The van der Waals surface area contributed by atoms with Crippen LogP contribution < -0.4 is 5.43 Å². The van der Waals surface area contributed by atoms with Crippen molar-refractivity contribution in [2.45, 2.75) is 9.79 Å². The van der Waals surface area contributed by atoms with Gasteiger partial charge in [0.25, 0.3) is 0 Å². The van der Waals surface area contributed by atoms with Gasteiger partial charge >= 0.3 is 0 Å². The van der Waals surface area contributed by atoms with Crippen LogP contribution in [0.3, 0.4) is 0 Å². The van der Waals surface area contributed by atoms with Gasteiger partial charge in [-0.25, -0.2) is 0 Å². The summed E-state index contributed by atoms with van der Waals surface area (Å²) in [4.78, 5) is 13.9. The molecule has 0 saturated heterocycles. The fourth-order valence-corrected chi connectivity index (χ4v) is 3.35. The normalized spacial score (nSPS) is 11.3. The van der Waals surface area contributed by atoms with Crippen molar-refractivity contribution in [3.8, 4) is 0 Å². The predicted octanol–water partition coefficient (Wildman–Crippen LogP) is 5.44. The second-order valence-electron chi connectivity index (χ2n) is 3.88. The van der Waals surface area contributed by atoms with Crippen LogP contribution in [0.1, 0.15) is 0 Å². The number of rotatable bonds is 2. The fraction of sp³-hybridized carbons (Fsp3) is 0. The van der Waals surface area contributed by atoms with Crippen molar-refractivity contribution in [1.82, 2.24) is 0 Å². The SMILES string of the molecule is O=c1c2ccccc2oc2c(SCl)cc(SCl)cc12. The van der Waals surface area contributed by atoms with E-state index in [1.807, 2.05) is 12.1 Å². The molecule has 3 rings (SSSR count). The van der Waals surface area contributed by atoms with Gasteiger partial charge in [0.15, 0.2) is 5.58 Å². The van der Waals surface area contributed by atoms with Gasteiger partial charge in [0.2, 0.25) is 5.43 Å². The zero-order chi connectivity index (χ0) is 13.4. The van der Waals surface area contributed by atoms with E-state index in [1.54, 1.807) is 24.3 Å². The van der Waals surface area contributed by atoms with Gasteiger partial charge in [0.1, 0.15) is 5.58 Å². The third kappa shape index (κ3) is 2.23. The van der Waals surface area contributed by atoms with Crippen LogP contribution in [0.5, 0.6) is 0 Å². The Morgan fingerprint density at radius 1 is 1.00 bits per heavy atom. The van der Waals surface area contributed by atoms with Crippen LogP contribution in [-0.2, 0) is 0 Å². The number of hydrogen-bond donors (Lipinski definition) is 0. The van der Waals surface area contributed by atoms with Crippen molar-refractivity contribution in [3.05, 3.63) is 46.6 Å². The summed E-state index contributed by atoms with van der Waals surface area (Å²) >= 11 is 0. The van der Waals surface area contributed by atoms with E-state index < -0.39 is 0 Å². The summed E-state index contributed by atoms with van der Waals surface area (Å²) in [5, 5.41) is 1.05. The van der Waals surface area contributed by atoms with Crippen LogP contribution in [-0.4, -0.2) is 0 Å². The molecule has 3 aromatic rings. The standard InChI is InChI=1S/C13H6Cl2O2S2/c14-18-7-5-9-12(16)8-3-1-2-4-10(8)17-13(9)11(6-7)19-15/h1-6H. The smallest absolute Gasteiger partial charge is 0.200 e. The van der Waals surface area contributed by atoms with Crippen LogP contribution in [0.2, 0.25) is 0 Å². The van der Waals surface area contributed by atoms with Crippen LogP contribution in [0.4, 0.5) is 0 Å². The van der Waals surface area contributed by atoms with Gasteiger partial charge in [-0.05, 0) is 67.6 Å². The molecule has 19 heavy (non-hydrogen) atoms. The molecule has 1 aromatic heterocycles. The minimum Gasteiger partial charge on any atom is -0.455 e. The molecule has 0 saturated carbocycles. The van der Waals surface area contributed by atoms with Crippen molar-refractivity contribution in [1.29, 1.82) is 0 Å². The summed E-state index contributed by atoms with van der Waals surface area (Å²) in [5.74, 6) is 0. The van der Waals surface area contributed by atoms with Gasteiger partial charge in [0, 0.05) is 4.90 Å². The van der Waals surface area contributed by atoms with E-state index in [2.05, 4.69) is 0 Å². The third-order valence-electron chi connectivity index (χ3n) is 2.79. The molecule has 0 bridgehead atoms. The second kappa shape index (κ2) is 5.29. The number of halogens is 2. The van der Waals surface area contributed by atoms with Crippen molar-refractivity contribution in [3.63, 3.8) is 0 Å². The molecule has 2 aromatic carbocycles. The quantitative estimate of drug-likeness (QED) is 0.586. The van der Waals surface area contributed by atoms with Gasteiger partial charge in [0.05, 0.1) is 15.7 Å². The third-order valence-corrected chi connectivity index (χ3v) is 4.71. The molecule has 96 valence electrons. The molecular formula is C13H6Cl2O2S2. The molecule has 0 amide bonds. The lowest BCUT2D eigenvalue weighted by molar-refractivity contribution is 0.651. The first-order valence-corrected chi connectivity index (χ1v) is 8.60. The van der Waals surface area contributed by atoms with Gasteiger partial charge in [-0.15, -0.1) is 0 Å². The number of para-hydroxylation sites is 1. The molecule has 1 heterocycles. The summed E-state index contributed by atoms with van der Waals surface area (Å²) in [6, 6.07) is 10.7. The topological polar surface area (TPSA) is 30.2 Å². The highest BCUT2D eigenvalue weighted by molar-refractivity contribution is 8.21. The fourth-order valence-electron chi connectivity index (χ4n) is 1.95. The average molecular weight is 329 g/mol. The molecule has 0 spiro atoms. The highest BCUT2D eigenvalue weighted by Gasteiger charge is 2.13. The molecule has 0 aliphatic rings. The molecule has 6 heteroatoms. The van der Waals surface area contributed by atoms with Crippen molar-refractivity contribution in [2.75, 3.05) is 0 Å². The number of hydrogen-bond acceptors (Lipinski definition) is 4. The predicted molar refractivity (Wildman–Crippen MR) is 83.4 cm³/mol. The highest BCUT2D eigenvalue weighted by atomic mass is 35.7. The molecule has 0 fully saturated rings. The van der Waals surface area contributed by atoms with Gasteiger partial charge in [-0.1, -0.05) is 12.1 Å². The zero-order valence-corrected chi connectivity index (χ0v) is 12.5. The van der Waals surface area contributed by atoms with Crippen molar-refractivity contribution in [2.24, 2.45) is 0 Å². The van der Waals surface area contributed by atoms with Gasteiger partial charge < -0.3 is 4.42 Å². The minimum absolute atomic E-state index is 0.0728. The molecule has 0 aliphatic heterocycles. The lowest BCUT2D eigenvalue weighted by atomic mass is 10.1. The van der Waals surface area contributed by atoms with Crippen LogP contribution >= 0.6 is 43.3 Å². The maximum atomic E-state index is 12.5. The Morgan fingerprint density at radius 3 is 2.53 bits per heavy atom. The van der Waals surface area contributed by atoms with E-state index in [-0.39, 0.29) is 5.43 Å².